The molecular formula is C35H55N3O7Si. The molecule has 2 aliphatic heterocycles. The van der Waals surface area contributed by atoms with Gasteiger partial charge in [0, 0.05) is 43.4 Å². The molecule has 1 spiro atoms. The predicted molar refractivity (Wildman–Crippen MR) is 182 cm³/mol. The summed E-state index contributed by atoms with van der Waals surface area (Å²) >= 11 is 0. The first-order chi connectivity index (χ1) is 21.0. The van der Waals surface area contributed by atoms with Gasteiger partial charge in [0.25, 0.3) is 0 Å². The van der Waals surface area contributed by atoms with E-state index in [9.17, 15) is 14.4 Å². The van der Waals surface area contributed by atoms with Crippen molar-refractivity contribution < 1.29 is 33.0 Å². The molecule has 0 radical (unpaired) electrons. The molecule has 0 N–H and O–H groups in total. The van der Waals surface area contributed by atoms with Crippen molar-refractivity contribution in [2.45, 2.75) is 123 Å². The lowest BCUT2D eigenvalue weighted by Crippen LogP contribution is -2.57. The number of ether oxygens (including phenoxy) is 3. The summed E-state index contributed by atoms with van der Waals surface area (Å²) in [6.45, 7) is 25.3. The second kappa shape index (κ2) is 12.2. The average Bonchev–Trinajstić information content (AvgIpc) is 3.25. The van der Waals surface area contributed by atoms with E-state index in [-0.39, 0.29) is 23.6 Å². The number of methoxy groups -OCH3 is 1. The average molecular weight is 658 g/mol. The summed E-state index contributed by atoms with van der Waals surface area (Å²) in [5.74, 6) is 0.514. The molecule has 0 unspecified atom stereocenters. The van der Waals surface area contributed by atoms with E-state index in [0.717, 1.165) is 10.9 Å². The maximum atomic E-state index is 14.2. The lowest BCUT2D eigenvalue weighted by atomic mass is 9.68. The molecule has 1 aromatic heterocycles. The Labute approximate surface area is 275 Å². The van der Waals surface area contributed by atoms with Crippen LogP contribution >= 0.6 is 0 Å². The number of nitrogens with zero attached hydrogens (tertiary/aromatic N) is 3. The molecule has 11 heteroatoms. The standard InChI is InChI=1S/C35H55N3O7Si/c1-23(39)37-22-35(16-18-36(19-17-35)30(40)44-32(2,3)4)28-25-15-14-24(42-11)20-26(25)38(31(41)45-33(5,6)7)29(28)27(37)21-43-46(12,13)34(8,9)10/h14-15,20,27H,16-19,21-22H2,1-13H3/t27-/m0/s1. The van der Waals surface area contributed by atoms with Crippen molar-refractivity contribution in [2.75, 3.05) is 33.4 Å². The van der Waals surface area contributed by atoms with Crippen LogP contribution in [0.25, 0.3) is 10.9 Å². The highest BCUT2D eigenvalue weighted by Crippen LogP contribution is 2.51. The van der Waals surface area contributed by atoms with Crippen molar-refractivity contribution in [3.05, 3.63) is 29.5 Å². The van der Waals surface area contributed by atoms with Gasteiger partial charge in [-0.2, -0.15) is 0 Å². The second-order valence-corrected chi connectivity index (χ2v) is 21.3. The first-order valence-corrected chi connectivity index (χ1v) is 19.3. The summed E-state index contributed by atoms with van der Waals surface area (Å²) < 4.78 is 25.8. The number of carbonyl (C=O) groups excluding carboxylic acids is 3. The van der Waals surface area contributed by atoms with Gasteiger partial charge in [-0.3, -0.25) is 4.79 Å². The van der Waals surface area contributed by atoms with Gasteiger partial charge < -0.3 is 28.4 Å². The summed E-state index contributed by atoms with van der Waals surface area (Å²) in [6.07, 6.45) is 0.329. The van der Waals surface area contributed by atoms with E-state index < -0.39 is 37.1 Å². The zero-order chi connectivity index (χ0) is 34.6. The van der Waals surface area contributed by atoms with Crippen molar-refractivity contribution in [2.24, 2.45) is 0 Å². The minimum Gasteiger partial charge on any atom is -0.497 e. The lowest BCUT2D eigenvalue weighted by molar-refractivity contribution is -0.135. The molecule has 0 aliphatic carbocycles. The SMILES string of the molecule is COc1ccc2c3c(n(C(=O)OC(C)(C)C)c2c1)[C@H](CO[Si](C)(C)C(C)(C)C)N(C(C)=O)CC31CCN(C(=O)OC(C)(C)C)CC1. The Morgan fingerprint density at radius 2 is 1.48 bits per heavy atom. The molecule has 0 saturated carbocycles. The van der Waals surface area contributed by atoms with Crippen LogP contribution < -0.4 is 4.74 Å². The maximum absolute atomic E-state index is 14.2. The van der Waals surface area contributed by atoms with Crippen LogP contribution in [0.3, 0.4) is 0 Å². The summed E-state index contributed by atoms with van der Waals surface area (Å²) in [5.41, 5.74) is 0.512. The van der Waals surface area contributed by atoms with E-state index >= 15 is 0 Å². The fourth-order valence-electron chi connectivity index (χ4n) is 6.31. The van der Waals surface area contributed by atoms with Crippen molar-refractivity contribution >= 4 is 37.3 Å². The fourth-order valence-corrected chi connectivity index (χ4v) is 7.32. The molecule has 256 valence electrons. The lowest BCUT2D eigenvalue weighted by Gasteiger charge is -2.51. The molecule has 1 fully saturated rings. The van der Waals surface area contributed by atoms with Gasteiger partial charge in [0.2, 0.25) is 5.91 Å². The Kier molecular flexibility index (Phi) is 9.49. The number of aromatic nitrogens is 1. The molecule has 0 bridgehead atoms. The van der Waals surface area contributed by atoms with Gasteiger partial charge in [-0.05, 0) is 90.2 Å². The first-order valence-electron chi connectivity index (χ1n) is 16.4. The zero-order valence-corrected chi connectivity index (χ0v) is 31.3. The van der Waals surface area contributed by atoms with Crippen LogP contribution in [0.15, 0.2) is 18.2 Å². The van der Waals surface area contributed by atoms with Crippen LogP contribution in [0.4, 0.5) is 9.59 Å². The van der Waals surface area contributed by atoms with E-state index in [1.165, 1.54) is 0 Å². The number of carbonyl (C=O) groups is 3. The molecular weight excluding hydrogens is 602 g/mol. The first kappa shape index (κ1) is 35.8. The predicted octanol–water partition coefficient (Wildman–Crippen LogP) is 7.63. The van der Waals surface area contributed by atoms with Crippen molar-refractivity contribution in [1.82, 2.24) is 14.4 Å². The van der Waals surface area contributed by atoms with Crippen LogP contribution in [-0.4, -0.2) is 85.3 Å². The minimum atomic E-state index is -2.24. The summed E-state index contributed by atoms with van der Waals surface area (Å²) in [7, 11) is -0.642. The van der Waals surface area contributed by atoms with Gasteiger partial charge in [0.1, 0.15) is 17.0 Å². The smallest absolute Gasteiger partial charge is 0.419 e. The van der Waals surface area contributed by atoms with E-state index in [4.69, 9.17) is 18.6 Å². The number of hydrogen-bond acceptors (Lipinski definition) is 7. The number of likely N-dealkylation sites (tertiary alicyclic amines) is 1. The summed E-state index contributed by atoms with van der Waals surface area (Å²) in [4.78, 5) is 44.5. The van der Waals surface area contributed by atoms with E-state index in [1.54, 1.807) is 23.5 Å². The normalized spacial score (nSPS) is 18.8. The molecule has 1 saturated heterocycles. The Morgan fingerprint density at radius 3 is 1.98 bits per heavy atom. The van der Waals surface area contributed by atoms with Gasteiger partial charge in [-0.15, -0.1) is 0 Å². The number of hydrogen-bond donors (Lipinski definition) is 0. The van der Waals surface area contributed by atoms with Crippen LogP contribution in [-0.2, 0) is 24.1 Å². The maximum Gasteiger partial charge on any atom is 0.419 e. The van der Waals surface area contributed by atoms with Crippen LogP contribution in [0, 0.1) is 0 Å². The van der Waals surface area contributed by atoms with Crippen LogP contribution in [0.2, 0.25) is 18.1 Å². The van der Waals surface area contributed by atoms with Crippen LogP contribution in [0.1, 0.15) is 99.4 Å². The highest BCUT2D eigenvalue weighted by atomic mass is 28.4. The molecule has 46 heavy (non-hydrogen) atoms. The van der Waals surface area contributed by atoms with Gasteiger partial charge in [0.05, 0.1) is 31.0 Å². The van der Waals surface area contributed by atoms with Crippen molar-refractivity contribution in [3.8, 4) is 5.75 Å². The van der Waals surface area contributed by atoms with Crippen molar-refractivity contribution in [3.63, 3.8) is 0 Å². The summed E-state index contributed by atoms with van der Waals surface area (Å²) in [6, 6.07) is 5.25. The van der Waals surface area contributed by atoms with E-state index in [0.29, 0.717) is 49.4 Å². The van der Waals surface area contributed by atoms with Gasteiger partial charge in [-0.1, -0.05) is 20.8 Å². The minimum absolute atomic E-state index is 0.0491. The third kappa shape index (κ3) is 7.10. The Bertz CT molecular complexity index is 1480. The molecule has 3 heterocycles. The van der Waals surface area contributed by atoms with E-state index in [2.05, 4.69) is 33.9 Å². The number of amides is 2. The number of fused-ring (bicyclic) bond motifs is 4. The fraction of sp³-hybridized carbons (Fsp3) is 0.686. The molecule has 2 aliphatic rings. The third-order valence-corrected chi connectivity index (χ3v) is 14.2. The van der Waals surface area contributed by atoms with Crippen molar-refractivity contribution in [1.29, 1.82) is 0 Å². The van der Waals surface area contributed by atoms with E-state index in [1.807, 2.05) is 64.6 Å². The zero-order valence-electron chi connectivity index (χ0n) is 30.3. The molecule has 2 amide bonds. The molecule has 1 atom stereocenters. The highest BCUT2D eigenvalue weighted by molar-refractivity contribution is 6.74. The Balaban J connectivity index is 1.96. The number of piperidine rings is 1. The number of benzene rings is 1. The Hall–Kier alpha value is -3.05. The second-order valence-electron chi connectivity index (χ2n) is 16.4. The quantitative estimate of drug-likeness (QED) is 0.312. The highest BCUT2D eigenvalue weighted by Gasteiger charge is 2.51. The van der Waals surface area contributed by atoms with Gasteiger partial charge in [-0.25, -0.2) is 14.2 Å². The molecule has 1 aromatic carbocycles. The summed E-state index contributed by atoms with van der Waals surface area (Å²) in [5, 5.41) is 0.861. The topological polar surface area (TPSA) is 99.5 Å². The van der Waals surface area contributed by atoms with Gasteiger partial charge >= 0.3 is 12.2 Å². The molecule has 4 rings (SSSR count). The van der Waals surface area contributed by atoms with Crippen LogP contribution in [0.5, 0.6) is 5.75 Å². The largest absolute Gasteiger partial charge is 0.497 e. The molecule has 2 aromatic rings. The van der Waals surface area contributed by atoms with Gasteiger partial charge in [0.15, 0.2) is 8.32 Å². The Morgan fingerprint density at radius 1 is 0.913 bits per heavy atom. The number of rotatable bonds is 4. The monoisotopic (exact) mass is 657 g/mol. The third-order valence-electron chi connectivity index (χ3n) is 9.67. The molecule has 10 nitrogen and oxygen atoms in total.